The van der Waals surface area contributed by atoms with Crippen LogP contribution in [0.1, 0.15) is 11.3 Å². The number of rotatable bonds is 4. The second-order valence-electron chi connectivity index (χ2n) is 3.73. The number of phenols is 1. The van der Waals surface area contributed by atoms with Gasteiger partial charge in [0.15, 0.2) is 0 Å². The standard InChI is InChI=1S/C12H11FN2O2S/c1-7-12(18-6-15-7)9-3-11(17)8(2-10(9)13)4-14-5-16/h2-3,5-6,17H,4H2,1H3,(H,14,16). The molecule has 0 aliphatic rings. The molecule has 0 unspecified atom stereocenters. The number of carbonyl (C=O) groups excluding carboxylic acids is 1. The third kappa shape index (κ3) is 2.33. The number of nitrogens with zero attached hydrogens (tertiary/aromatic N) is 1. The van der Waals surface area contributed by atoms with Gasteiger partial charge >= 0.3 is 0 Å². The number of aromatic hydroxyl groups is 1. The van der Waals surface area contributed by atoms with E-state index in [1.54, 1.807) is 12.4 Å². The minimum absolute atomic E-state index is 0.0476. The Hall–Kier alpha value is -1.95. The molecule has 2 rings (SSSR count). The Bertz CT molecular complexity index is 583. The summed E-state index contributed by atoms with van der Waals surface area (Å²) in [6.45, 7) is 1.87. The fourth-order valence-electron chi connectivity index (χ4n) is 1.63. The molecule has 0 radical (unpaired) electrons. The van der Waals surface area contributed by atoms with Gasteiger partial charge in [0.1, 0.15) is 11.6 Å². The normalized spacial score (nSPS) is 10.3. The van der Waals surface area contributed by atoms with E-state index in [0.29, 0.717) is 22.4 Å². The number of carbonyl (C=O) groups is 1. The van der Waals surface area contributed by atoms with Crippen molar-refractivity contribution in [3.63, 3.8) is 0 Å². The zero-order valence-electron chi connectivity index (χ0n) is 9.61. The summed E-state index contributed by atoms with van der Waals surface area (Å²) in [5, 5.41) is 12.2. The predicted octanol–water partition coefficient (Wildman–Crippen LogP) is 2.21. The number of aromatic nitrogens is 1. The van der Waals surface area contributed by atoms with E-state index in [0.717, 1.165) is 5.69 Å². The fraction of sp³-hybridized carbons (Fsp3) is 0.167. The number of benzene rings is 1. The van der Waals surface area contributed by atoms with Gasteiger partial charge in [-0.15, -0.1) is 11.3 Å². The first-order chi connectivity index (χ1) is 8.63. The Kier molecular flexibility index (Phi) is 3.57. The first-order valence-corrected chi connectivity index (χ1v) is 6.10. The van der Waals surface area contributed by atoms with Crippen molar-refractivity contribution in [2.45, 2.75) is 13.5 Å². The molecule has 0 atom stereocenters. The highest BCUT2D eigenvalue weighted by Crippen LogP contribution is 2.33. The van der Waals surface area contributed by atoms with Crippen LogP contribution >= 0.6 is 11.3 Å². The van der Waals surface area contributed by atoms with Crippen LogP contribution in [0.3, 0.4) is 0 Å². The van der Waals surface area contributed by atoms with Gasteiger partial charge in [-0.25, -0.2) is 9.37 Å². The Morgan fingerprint density at radius 3 is 2.94 bits per heavy atom. The van der Waals surface area contributed by atoms with Crippen LogP contribution in [0, 0.1) is 12.7 Å². The summed E-state index contributed by atoms with van der Waals surface area (Å²) in [6.07, 6.45) is 0.499. The highest BCUT2D eigenvalue weighted by molar-refractivity contribution is 7.13. The van der Waals surface area contributed by atoms with E-state index in [2.05, 4.69) is 10.3 Å². The summed E-state index contributed by atoms with van der Waals surface area (Å²) in [7, 11) is 0. The molecule has 94 valence electrons. The Balaban J connectivity index is 2.43. The summed E-state index contributed by atoms with van der Waals surface area (Å²) in [6, 6.07) is 2.58. The number of aryl methyl sites for hydroxylation is 1. The Morgan fingerprint density at radius 2 is 2.33 bits per heavy atom. The summed E-state index contributed by atoms with van der Waals surface area (Å²) in [5.41, 5.74) is 3.01. The second kappa shape index (κ2) is 5.14. The summed E-state index contributed by atoms with van der Waals surface area (Å²) in [4.78, 5) is 14.9. The maximum absolute atomic E-state index is 14.0. The molecule has 0 saturated heterocycles. The van der Waals surface area contributed by atoms with Crippen molar-refractivity contribution in [3.05, 3.63) is 34.7 Å². The third-order valence-corrected chi connectivity index (χ3v) is 3.50. The zero-order chi connectivity index (χ0) is 13.1. The first kappa shape index (κ1) is 12.5. The van der Waals surface area contributed by atoms with Crippen molar-refractivity contribution in [1.82, 2.24) is 10.3 Å². The molecular formula is C12H11FN2O2S. The van der Waals surface area contributed by atoms with E-state index in [4.69, 9.17) is 0 Å². The minimum Gasteiger partial charge on any atom is -0.508 e. The molecule has 0 aliphatic heterocycles. The molecule has 1 amide bonds. The van der Waals surface area contributed by atoms with Crippen molar-refractivity contribution >= 4 is 17.7 Å². The van der Waals surface area contributed by atoms with Gasteiger partial charge in [0.25, 0.3) is 0 Å². The number of thiazole rings is 1. The topological polar surface area (TPSA) is 62.2 Å². The molecule has 1 aromatic carbocycles. The van der Waals surface area contributed by atoms with Crippen LogP contribution in [-0.2, 0) is 11.3 Å². The third-order valence-electron chi connectivity index (χ3n) is 2.53. The van der Waals surface area contributed by atoms with Crippen LogP contribution in [-0.4, -0.2) is 16.5 Å². The molecule has 1 heterocycles. The van der Waals surface area contributed by atoms with Gasteiger partial charge in [0.2, 0.25) is 6.41 Å². The smallest absolute Gasteiger partial charge is 0.207 e. The number of phenolic OH excluding ortho intramolecular Hbond substituents is 1. The molecule has 0 aliphatic carbocycles. The Morgan fingerprint density at radius 1 is 1.56 bits per heavy atom. The molecule has 0 bridgehead atoms. The molecule has 0 fully saturated rings. The van der Waals surface area contributed by atoms with Crippen LogP contribution in [0.4, 0.5) is 4.39 Å². The highest BCUT2D eigenvalue weighted by Gasteiger charge is 2.14. The van der Waals surface area contributed by atoms with E-state index >= 15 is 0 Å². The van der Waals surface area contributed by atoms with Gasteiger partial charge in [-0.05, 0) is 19.1 Å². The van der Waals surface area contributed by atoms with Crippen molar-refractivity contribution in [1.29, 1.82) is 0 Å². The first-order valence-electron chi connectivity index (χ1n) is 5.22. The maximum Gasteiger partial charge on any atom is 0.207 e. The minimum atomic E-state index is -0.442. The molecule has 6 heteroatoms. The van der Waals surface area contributed by atoms with E-state index in [1.807, 2.05) is 0 Å². The number of halogens is 1. The van der Waals surface area contributed by atoms with Gasteiger partial charge in [-0.2, -0.15) is 0 Å². The lowest BCUT2D eigenvalue weighted by atomic mass is 10.1. The van der Waals surface area contributed by atoms with Gasteiger partial charge < -0.3 is 10.4 Å². The van der Waals surface area contributed by atoms with Crippen LogP contribution in [0.2, 0.25) is 0 Å². The van der Waals surface area contributed by atoms with Gasteiger partial charge in [0, 0.05) is 17.7 Å². The number of nitrogens with one attached hydrogen (secondary N) is 1. The van der Waals surface area contributed by atoms with Crippen LogP contribution in [0.5, 0.6) is 5.75 Å². The number of hydrogen-bond acceptors (Lipinski definition) is 4. The second-order valence-corrected chi connectivity index (χ2v) is 4.58. The van der Waals surface area contributed by atoms with Crippen molar-refractivity contribution in [2.24, 2.45) is 0 Å². The lowest BCUT2D eigenvalue weighted by molar-refractivity contribution is -0.109. The van der Waals surface area contributed by atoms with Crippen LogP contribution in [0.15, 0.2) is 17.6 Å². The molecule has 4 nitrogen and oxygen atoms in total. The quantitative estimate of drug-likeness (QED) is 0.834. The lowest BCUT2D eigenvalue weighted by Crippen LogP contribution is -2.10. The van der Waals surface area contributed by atoms with E-state index in [9.17, 15) is 14.3 Å². The van der Waals surface area contributed by atoms with E-state index < -0.39 is 5.82 Å². The lowest BCUT2D eigenvalue weighted by Gasteiger charge is -2.08. The molecule has 18 heavy (non-hydrogen) atoms. The van der Waals surface area contributed by atoms with E-state index in [-0.39, 0.29) is 12.3 Å². The van der Waals surface area contributed by atoms with Crippen LogP contribution in [0.25, 0.3) is 10.4 Å². The summed E-state index contributed by atoms with van der Waals surface area (Å²) >= 11 is 1.32. The van der Waals surface area contributed by atoms with Gasteiger partial charge in [-0.3, -0.25) is 4.79 Å². The monoisotopic (exact) mass is 266 g/mol. The molecule has 0 saturated carbocycles. The van der Waals surface area contributed by atoms with Crippen molar-refractivity contribution in [3.8, 4) is 16.2 Å². The number of amides is 1. The SMILES string of the molecule is Cc1ncsc1-c1cc(O)c(CNC=O)cc1F. The molecule has 1 aromatic heterocycles. The molecule has 2 N–H and O–H groups in total. The molecular weight excluding hydrogens is 255 g/mol. The molecule has 0 spiro atoms. The summed E-state index contributed by atoms with van der Waals surface area (Å²) < 4.78 is 14.0. The average Bonchev–Trinajstić information content (AvgIpc) is 2.76. The van der Waals surface area contributed by atoms with Crippen LogP contribution < -0.4 is 5.32 Å². The average molecular weight is 266 g/mol. The van der Waals surface area contributed by atoms with E-state index in [1.165, 1.54) is 23.5 Å². The van der Waals surface area contributed by atoms with Crippen molar-refractivity contribution < 1.29 is 14.3 Å². The zero-order valence-corrected chi connectivity index (χ0v) is 10.4. The van der Waals surface area contributed by atoms with Gasteiger partial charge in [0.05, 0.1) is 16.1 Å². The predicted molar refractivity (Wildman–Crippen MR) is 66.8 cm³/mol. The van der Waals surface area contributed by atoms with Gasteiger partial charge in [-0.1, -0.05) is 0 Å². The number of hydrogen-bond donors (Lipinski definition) is 2. The summed E-state index contributed by atoms with van der Waals surface area (Å²) in [5.74, 6) is -0.489. The fourth-order valence-corrected chi connectivity index (χ4v) is 2.45. The highest BCUT2D eigenvalue weighted by atomic mass is 32.1. The van der Waals surface area contributed by atoms with Crippen molar-refractivity contribution in [2.75, 3.05) is 0 Å². The maximum atomic E-state index is 14.0. The largest absolute Gasteiger partial charge is 0.508 e. The molecule has 2 aromatic rings. The Labute approximate surface area is 107 Å².